The molecule has 0 unspecified atom stereocenters. The van der Waals surface area contributed by atoms with Crippen molar-refractivity contribution in [2.45, 2.75) is 13.0 Å². The van der Waals surface area contributed by atoms with Crippen LogP contribution in [0.1, 0.15) is 23.0 Å². The number of rotatable bonds is 3. The summed E-state index contributed by atoms with van der Waals surface area (Å²) in [7, 11) is 0. The van der Waals surface area contributed by atoms with Crippen molar-refractivity contribution in [3.63, 3.8) is 0 Å². The fourth-order valence-electron chi connectivity index (χ4n) is 2.23. The number of anilines is 2. The molecule has 10 heteroatoms. The van der Waals surface area contributed by atoms with Crippen LogP contribution in [0.3, 0.4) is 0 Å². The van der Waals surface area contributed by atoms with E-state index in [1.807, 2.05) is 13.0 Å². The molecular weight excluding hydrogens is 382 g/mol. The van der Waals surface area contributed by atoms with Crippen molar-refractivity contribution in [1.29, 1.82) is 5.26 Å². The standard InChI is InChI=1S/C13H9FN4O.C6H9FN2O/c14-9-1-3-10(4-2-9)18-13(19)12-11(16)5-8(6-15)7-17-12;1-4-2-5(3-7)10-6(8)9-4/h1-5,7H,16H2,(H,18,19);2,4H,3H2,1H3,(H2,8,9)/t;4-/m.0/s1. The van der Waals surface area contributed by atoms with Crippen LogP contribution in [-0.4, -0.2) is 29.6 Å². The average molecular weight is 400 g/mol. The first-order valence-corrected chi connectivity index (χ1v) is 8.32. The Morgan fingerprint density at radius 1 is 1.34 bits per heavy atom. The van der Waals surface area contributed by atoms with Crippen molar-refractivity contribution in [2.24, 2.45) is 10.7 Å². The predicted molar refractivity (Wildman–Crippen MR) is 104 cm³/mol. The molecule has 2 aromatic rings. The van der Waals surface area contributed by atoms with Gasteiger partial charge in [-0.1, -0.05) is 0 Å². The number of pyridine rings is 1. The Morgan fingerprint density at radius 2 is 2.03 bits per heavy atom. The lowest BCUT2D eigenvalue weighted by atomic mass is 10.2. The number of amides is 1. The zero-order valence-corrected chi connectivity index (χ0v) is 15.4. The van der Waals surface area contributed by atoms with E-state index >= 15 is 0 Å². The van der Waals surface area contributed by atoms with E-state index in [1.54, 1.807) is 6.08 Å². The molecule has 5 N–H and O–H groups in total. The Labute approximate surface area is 165 Å². The first kappa shape index (κ1) is 21.3. The number of allylic oxidation sites excluding steroid dienone is 1. The predicted octanol–water partition coefficient (Wildman–Crippen LogP) is 2.50. The number of nitrogen functional groups attached to an aromatic ring is 1. The van der Waals surface area contributed by atoms with Gasteiger partial charge >= 0.3 is 0 Å². The summed E-state index contributed by atoms with van der Waals surface area (Å²) in [6.45, 7) is 1.19. The lowest BCUT2D eigenvalue weighted by Gasteiger charge is -2.13. The third-order valence-corrected chi connectivity index (χ3v) is 3.49. The molecule has 0 saturated heterocycles. The van der Waals surface area contributed by atoms with E-state index < -0.39 is 18.4 Å². The van der Waals surface area contributed by atoms with Gasteiger partial charge in [-0.3, -0.25) is 4.79 Å². The van der Waals surface area contributed by atoms with Gasteiger partial charge in [0.25, 0.3) is 11.9 Å². The van der Waals surface area contributed by atoms with Gasteiger partial charge in [0, 0.05) is 11.9 Å². The molecule has 1 amide bonds. The van der Waals surface area contributed by atoms with Gasteiger partial charge in [-0.15, -0.1) is 0 Å². The van der Waals surface area contributed by atoms with Crippen molar-refractivity contribution in [2.75, 3.05) is 17.7 Å². The quantitative estimate of drug-likeness (QED) is 0.723. The first-order valence-electron chi connectivity index (χ1n) is 8.32. The van der Waals surface area contributed by atoms with Crippen LogP contribution in [0.4, 0.5) is 20.2 Å². The fraction of sp³-hybridized carbons (Fsp3) is 0.158. The van der Waals surface area contributed by atoms with Gasteiger partial charge in [0.2, 0.25) is 0 Å². The number of hydrogen-bond donors (Lipinski definition) is 3. The van der Waals surface area contributed by atoms with E-state index in [0.717, 1.165) is 0 Å². The Morgan fingerprint density at radius 3 is 2.59 bits per heavy atom. The molecule has 0 spiro atoms. The summed E-state index contributed by atoms with van der Waals surface area (Å²) in [5, 5.41) is 11.2. The van der Waals surface area contributed by atoms with E-state index in [1.165, 1.54) is 36.5 Å². The number of ether oxygens (including phenoxy) is 1. The summed E-state index contributed by atoms with van der Waals surface area (Å²) in [5.74, 6) is -0.664. The molecule has 2 heterocycles. The van der Waals surface area contributed by atoms with E-state index in [-0.39, 0.29) is 34.8 Å². The summed E-state index contributed by atoms with van der Waals surface area (Å²) < 4.78 is 29.4. The Bertz CT molecular complexity index is 983. The van der Waals surface area contributed by atoms with Gasteiger partial charge in [0.15, 0.2) is 5.69 Å². The van der Waals surface area contributed by atoms with Gasteiger partial charge in [-0.2, -0.15) is 5.26 Å². The van der Waals surface area contributed by atoms with Crippen LogP contribution in [0.2, 0.25) is 0 Å². The number of alkyl halides is 1. The molecular formula is C19H18F2N6O2. The number of aromatic nitrogens is 1. The molecule has 150 valence electrons. The number of nitrogens with two attached hydrogens (primary N) is 2. The van der Waals surface area contributed by atoms with Gasteiger partial charge in [0.05, 0.1) is 17.3 Å². The second-order valence-corrected chi connectivity index (χ2v) is 5.81. The maximum Gasteiger partial charge on any atom is 0.287 e. The Hall–Kier alpha value is -4.00. The average Bonchev–Trinajstić information content (AvgIpc) is 2.69. The lowest BCUT2D eigenvalue weighted by molar-refractivity contribution is 0.102. The van der Waals surface area contributed by atoms with E-state index in [9.17, 15) is 13.6 Å². The number of halogens is 2. The van der Waals surface area contributed by atoms with Crippen molar-refractivity contribution < 1.29 is 18.3 Å². The highest BCUT2D eigenvalue weighted by Gasteiger charge is 2.12. The topological polar surface area (TPSA) is 139 Å². The van der Waals surface area contributed by atoms with Crippen molar-refractivity contribution in [3.05, 3.63) is 65.4 Å². The summed E-state index contributed by atoms with van der Waals surface area (Å²) in [4.78, 5) is 19.5. The second kappa shape index (κ2) is 9.80. The highest BCUT2D eigenvalue weighted by Crippen LogP contribution is 2.14. The third-order valence-electron chi connectivity index (χ3n) is 3.49. The minimum atomic E-state index is -0.624. The molecule has 3 rings (SSSR count). The van der Waals surface area contributed by atoms with Crippen LogP contribution < -0.4 is 16.8 Å². The number of amidine groups is 1. The maximum absolute atomic E-state index is 12.7. The normalized spacial score (nSPS) is 14.9. The number of nitrogens with zero attached hydrogens (tertiary/aromatic N) is 3. The van der Waals surface area contributed by atoms with Crippen molar-refractivity contribution >= 4 is 23.3 Å². The van der Waals surface area contributed by atoms with Crippen molar-refractivity contribution in [1.82, 2.24) is 4.98 Å². The van der Waals surface area contributed by atoms with Crippen molar-refractivity contribution in [3.8, 4) is 6.07 Å². The monoisotopic (exact) mass is 400 g/mol. The molecule has 8 nitrogen and oxygen atoms in total. The lowest BCUT2D eigenvalue weighted by Crippen LogP contribution is -2.23. The zero-order chi connectivity index (χ0) is 21.4. The Kier molecular flexibility index (Phi) is 7.20. The molecule has 1 aliphatic heterocycles. The van der Waals surface area contributed by atoms with Crippen LogP contribution in [0, 0.1) is 17.1 Å². The van der Waals surface area contributed by atoms with E-state index in [2.05, 4.69) is 15.3 Å². The smallest absolute Gasteiger partial charge is 0.287 e. The van der Waals surface area contributed by atoms with Crippen LogP contribution >= 0.6 is 0 Å². The van der Waals surface area contributed by atoms with Gasteiger partial charge < -0.3 is 21.5 Å². The zero-order valence-electron chi connectivity index (χ0n) is 15.4. The van der Waals surface area contributed by atoms with Crippen LogP contribution in [0.15, 0.2) is 53.4 Å². The van der Waals surface area contributed by atoms with E-state index in [4.69, 9.17) is 21.5 Å². The number of benzene rings is 1. The summed E-state index contributed by atoms with van der Waals surface area (Å²) in [5.41, 5.74) is 11.7. The first-order chi connectivity index (χ1) is 13.8. The molecule has 1 aromatic carbocycles. The number of carbonyl (C=O) groups is 1. The van der Waals surface area contributed by atoms with Crippen LogP contribution in [0.25, 0.3) is 0 Å². The third kappa shape index (κ3) is 6.28. The molecule has 0 radical (unpaired) electrons. The maximum atomic E-state index is 12.7. The number of hydrogen-bond acceptors (Lipinski definition) is 7. The summed E-state index contributed by atoms with van der Waals surface area (Å²) >= 11 is 0. The minimum Gasteiger partial charge on any atom is -0.428 e. The van der Waals surface area contributed by atoms with Crippen LogP contribution in [0.5, 0.6) is 0 Å². The molecule has 0 fully saturated rings. The summed E-state index contributed by atoms with van der Waals surface area (Å²) in [6.07, 6.45) is 2.85. The molecule has 1 aliphatic rings. The Balaban J connectivity index is 0.000000253. The van der Waals surface area contributed by atoms with Crippen LogP contribution in [-0.2, 0) is 4.74 Å². The number of aliphatic imine (C=N–C) groups is 1. The summed E-state index contributed by atoms with van der Waals surface area (Å²) in [6, 6.07) is 8.52. The number of nitriles is 1. The van der Waals surface area contributed by atoms with Gasteiger partial charge in [0.1, 0.15) is 24.3 Å². The molecule has 1 atom stereocenters. The SMILES string of the molecule is C[C@H]1C=C(CF)OC(N)=N1.N#Cc1cnc(C(=O)Nc2ccc(F)cc2)c(N)c1. The van der Waals surface area contributed by atoms with E-state index in [0.29, 0.717) is 5.69 Å². The minimum absolute atomic E-state index is 0.0170. The highest BCUT2D eigenvalue weighted by atomic mass is 19.1. The molecule has 29 heavy (non-hydrogen) atoms. The molecule has 0 bridgehead atoms. The fourth-order valence-corrected chi connectivity index (χ4v) is 2.23. The largest absolute Gasteiger partial charge is 0.428 e. The molecule has 1 aromatic heterocycles. The second-order valence-electron chi connectivity index (χ2n) is 5.81. The van der Waals surface area contributed by atoms with Gasteiger partial charge in [-0.05, 0) is 43.3 Å². The highest BCUT2D eigenvalue weighted by molar-refractivity contribution is 6.06. The number of carbonyl (C=O) groups excluding carboxylic acids is 1. The van der Waals surface area contributed by atoms with Gasteiger partial charge in [-0.25, -0.2) is 18.8 Å². The molecule has 0 aliphatic carbocycles. The number of nitrogens with one attached hydrogen (secondary N) is 1. The molecule has 0 saturated carbocycles.